The summed E-state index contributed by atoms with van der Waals surface area (Å²) >= 11 is 0. The van der Waals surface area contributed by atoms with Gasteiger partial charge < -0.3 is 5.73 Å². The maximum atomic E-state index is 5.43. The minimum Gasteiger partial charge on any atom is -0.318 e. The first kappa shape index (κ1) is 8.92. The molecule has 1 atom stereocenters. The topological polar surface area (TPSA) is 29.3 Å². The molecule has 0 aliphatic rings. The SMILES string of the molecule is CCC[C@H](C)N(C)CN. The molecule has 0 saturated carbocycles. The van der Waals surface area contributed by atoms with E-state index in [0.717, 1.165) is 0 Å². The van der Waals surface area contributed by atoms with Gasteiger partial charge in [0.2, 0.25) is 0 Å². The molecule has 0 aliphatic heterocycles. The van der Waals surface area contributed by atoms with E-state index in [-0.39, 0.29) is 0 Å². The summed E-state index contributed by atoms with van der Waals surface area (Å²) in [5.41, 5.74) is 5.43. The number of nitrogens with two attached hydrogens (primary N) is 1. The molecule has 0 unspecified atom stereocenters. The van der Waals surface area contributed by atoms with Gasteiger partial charge in [-0.25, -0.2) is 0 Å². The second kappa shape index (κ2) is 4.77. The van der Waals surface area contributed by atoms with Crippen LogP contribution in [0.5, 0.6) is 0 Å². The van der Waals surface area contributed by atoms with Gasteiger partial charge in [0.05, 0.1) is 0 Å². The van der Waals surface area contributed by atoms with Gasteiger partial charge in [0.25, 0.3) is 0 Å². The Morgan fingerprint density at radius 2 is 2.11 bits per heavy atom. The highest BCUT2D eigenvalue weighted by atomic mass is 15.2. The smallest absolute Gasteiger partial charge is 0.0454 e. The summed E-state index contributed by atoms with van der Waals surface area (Å²) in [5, 5.41) is 0. The molecule has 0 aliphatic carbocycles. The van der Waals surface area contributed by atoms with Gasteiger partial charge in [-0.15, -0.1) is 0 Å². The van der Waals surface area contributed by atoms with Gasteiger partial charge in [0, 0.05) is 12.7 Å². The third-order valence-corrected chi connectivity index (χ3v) is 1.75. The molecule has 2 N–H and O–H groups in total. The first-order valence-corrected chi connectivity index (χ1v) is 3.62. The molecule has 2 nitrogen and oxygen atoms in total. The Labute approximate surface area is 58.0 Å². The van der Waals surface area contributed by atoms with Crippen LogP contribution in [0.25, 0.3) is 0 Å². The van der Waals surface area contributed by atoms with Crippen molar-refractivity contribution in [2.45, 2.75) is 32.7 Å². The lowest BCUT2D eigenvalue weighted by Gasteiger charge is -2.21. The van der Waals surface area contributed by atoms with E-state index in [1.807, 2.05) is 0 Å². The quantitative estimate of drug-likeness (QED) is 0.576. The molecule has 0 rings (SSSR count). The van der Waals surface area contributed by atoms with Gasteiger partial charge in [0.1, 0.15) is 0 Å². The summed E-state index contributed by atoms with van der Waals surface area (Å²) in [4.78, 5) is 2.16. The van der Waals surface area contributed by atoms with E-state index in [2.05, 4.69) is 25.8 Å². The lowest BCUT2D eigenvalue weighted by atomic mass is 10.2. The monoisotopic (exact) mass is 130 g/mol. The molecule has 0 aromatic rings. The molecule has 0 fully saturated rings. The van der Waals surface area contributed by atoms with Crippen molar-refractivity contribution in [3.63, 3.8) is 0 Å². The molecule has 0 spiro atoms. The van der Waals surface area contributed by atoms with Crippen LogP contribution in [0, 0.1) is 0 Å². The third kappa shape index (κ3) is 3.49. The Morgan fingerprint density at radius 3 is 2.44 bits per heavy atom. The van der Waals surface area contributed by atoms with Crippen LogP contribution in [0.3, 0.4) is 0 Å². The molecular formula is C7H18N2. The molecule has 0 radical (unpaired) electrons. The second-order valence-electron chi connectivity index (χ2n) is 2.58. The van der Waals surface area contributed by atoms with E-state index >= 15 is 0 Å². The van der Waals surface area contributed by atoms with E-state index in [4.69, 9.17) is 5.73 Å². The summed E-state index contributed by atoms with van der Waals surface area (Å²) in [5.74, 6) is 0. The van der Waals surface area contributed by atoms with Crippen molar-refractivity contribution in [2.75, 3.05) is 13.7 Å². The maximum Gasteiger partial charge on any atom is 0.0454 e. The van der Waals surface area contributed by atoms with Gasteiger partial charge in [0.15, 0.2) is 0 Å². The van der Waals surface area contributed by atoms with Crippen LogP contribution in [0.4, 0.5) is 0 Å². The first-order chi connectivity index (χ1) is 4.22. The Hall–Kier alpha value is -0.0800. The van der Waals surface area contributed by atoms with Crippen LogP contribution in [0.2, 0.25) is 0 Å². The van der Waals surface area contributed by atoms with E-state index in [0.29, 0.717) is 12.7 Å². The highest BCUT2D eigenvalue weighted by Crippen LogP contribution is 2.00. The van der Waals surface area contributed by atoms with Crippen molar-refractivity contribution in [3.05, 3.63) is 0 Å². The number of nitrogens with zero attached hydrogens (tertiary/aromatic N) is 1. The van der Waals surface area contributed by atoms with Crippen molar-refractivity contribution >= 4 is 0 Å². The minimum atomic E-state index is 0.639. The van der Waals surface area contributed by atoms with Crippen LogP contribution >= 0.6 is 0 Å². The van der Waals surface area contributed by atoms with E-state index in [9.17, 15) is 0 Å². The molecular weight excluding hydrogens is 112 g/mol. The van der Waals surface area contributed by atoms with E-state index in [1.165, 1.54) is 12.8 Å². The average molecular weight is 130 g/mol. The normalized spacial score (nSPS) is 14.3. The highest BCUT2D eigenvalue weighted by Gasteiger charge is 2.03. The zero-order valence-corrected chi connectivity index (χ0v) is 6.72. The second-order valence-corrected chi connectivity index (χ2v) is 2.58. The highest BCUT2D eigenvalue weighted by molar-refractivity contribution is 4.58. The van der Waals surface area contributed by atoms with Crippen molar-refractivity contribution in [2.24, 2.45) is 5.73 Å². The van der Waals surface area contributed by atoms with Gasteiger partial charge >= 0.3 is 0 Å². The number of rotatable bonds is 4. The van der Waals surface area contributed by atoms with Gasteiger partial charge in [-0.05, 0) is 20.4 Å². The van der Waals surface area contributed by atoms with Gasteiger partial charge in [-0.1, -0.05) is 13.3 Å². The number of hydrogen-bond donors (Lipinski definition) is 1. The standard InChI is InChI=1S/C7H18N2/c1-4-5-7(2)9(3)6-8/h7H,4-6,8H2,1-3H3/t7-/m0/s1. The molecule has 2 heteroatoms. The summed E-state index contributed by atoms with van der Waals surface area (Å²) in [7, 11) is 2.06. The van der Waals surface area contributed by atoms with Crippen LogP contribution in [-0.2, 0) is 0 Å². The maximum absolute atomic E-state index is 5.43. The van der Waals surface area contributed by atoms with Crippen LogP contribution in [0.15, 0.2) is 0 Å². The van der Waals surface area contributed by atoms with Crippen LogP contribution in [0.1, 0.15) is 26.7 Å². The molecule has 56 valence electrons. The Kier molecular flexibility index (Phi) is 4.72. The van der Waals surface area contributed by atoms with Gasteiger partial charge in [-0.3, -0.25) is 4.90 Å². The molecule has 0 bridgehead atoms. The Morgan fingerprint density at radius 1 is 1.56 bits per heavy atom. The molecule has 9 heavy (non-hydrogen) atoms. The summed E-state index contributed by atoms with van der Waals surface area (Å²) in [6.07, 6.45) is 2.49. The summed E-state index contributed by atoms with van der Waals surface area (Å²) in [6, 6.07) is 0.639. The third-order valence-electron chi connectivity index (χ3n) is 1.75. The van der Waals surface area contributed by atoms with Crippen molar-refractivity contribution in [1.82, 2.24) is 4.90 Å². The first-order valence-electron chi connectivity index (χ1n) is 3.62. The average Bonchev–Trinajstić information content (AvgIpc) is 1.87. The zero-order valence-electron chi connectivity index (χ0n) is 6.72. The van der Waals surface area contributed by atoms with Crippen LogP contribution in [-0.4, -0.2) is 24.7 Å². The predicted octanol–water partition coefficient (Wildman–Crippen LogP) is 1.02. The van der Waals surface area contributed by atoms with E-state index in [1.54, 1.807) is 0 Å². The minimum absolute atomic E-state index is 0.639. The van der Waals surface area contributed by atoms with Crippen molar-refractivity contribution in [1.29, 1.82) is 0 Å². The Bertz CT molecular complexity index is 63.9. The van der Waals surface area contributed by atoms with Crippen molar-refractivity contribution in [3.8, 4) is 0 Å². The molecule has 0 amide bonds. The summed E-state index contributed by atoms with van der Waals surface area (Å²) in [6.45, 7) is 5.07. The fourth-order valence-corrected chi connectivity index (χ4v) is 0.818. The zero-order chi connectivity index (χ0) is 7.28. The largest absolute Gasteiger partial charge is 0.318 e. The summed E-state index contributed by atoms with van der Waals surface area (Å²) < 4.78 is 0. The van der Waals surface area contributed by atoms with Gasteiger partial charge in [-0.2, -0.15) is 0 Å². The van der Waals surface area contributed by atoms with Crippen molar-refractivity contribution < 1.29 is 0 Å². The van der Waals surface area contributed by atoms with Crippen LogP contribution < -0.4 is 5.73 Å². The lowest BCUT2D eigenvalue weighted by molar-refractivity contribution is 0.251. The predicted molar refractivity (Wildman–Crippen MR) is 41.2 cm³/mol. The fourth-order valence-electron chi connectivity index (χ4n) is 0.818. The Balaban J connectivity index is 3.32. The molecule has 0 aromatic carbocycles. The molecule has 0 aromatic heterocycles. The number of hydrogen-bond acceptors (Lipinski definition) is 2. The lowest BCUT2D eigenvalue weighted by Crippen LogP contribution is -2.33. The molecule has 0 heterocycles. The fraction of sp³-hybridized carbons (Fsp3) is 1.00. The van der Waals surface area contributed by atoms with E-state index < -0.39 is 0 Å². The molecule has 0 saturated heterocycles.